The molecule has 1 N–H and O–H groups in total. The highest BCUT2D eigenvalue weighted by molar-refractivity contribution is 6.04. The number of hydrogen-bond acceptors (Lipinski definition) is 4. The van der Waals surface area contributed by atoms with E-state index in [0.29, 0.717) is 29.2 Å². The van der Waals surface area contributed by atoms with E-state index in [2.05, 4.69) is 22.2 Å². The number of amides is 1. The SMILES string of the molecule is COC(=O)c1ccc(C(=O)Nc2cccc(OCCc3ccccc3)c2)cc1. The predicted molar refractivity (Wildman–Crippen MR) is 108 cm³/mol. The third kappa shape index (κ3) is 5.20. The van der Waals surface area contributed by atoms with Gasteiger partial charge in [0.15, 0.2) is 0 Å². The Hall–Kier alpha value is -3.60. The van der Waals surface area contributed by atoms with Gasteiger partial charge in [0, 0.05) is 23.7 Å². The van der Waals surface area contributed by atoms with Crippen LogP contribution in [0, 0.1) is 0 Å². The van der Waals surface area contributed by atoms with E-state index in [0.717, 1.165) is 6.42 Å². The first kappa shape index (κ1) is 19.2. The molecule has 0 saturated heterocycles. The second-order valence-corrected chi connectivity index (χ2v) is 6.13. The summed E-state index contributed by atoms with van der Waals surface area (Å²) in [5, 5.41) is 2.83. The van der Waals surface area contributed by atoms with Crippen LogP contribution < -0.4 is 10.1 Å². The Bertz CT molecular complexity index is 936. The lowest BCUT2D eigenvalue weighted by molar-refractivity contribution is 0.0600. The van der Waals surface area contributed by atoms with Crippen LogP contribution in [0.2, 0.25) is 0 Å². The van der Waals surface area contributed by atoms with Gasteiger partial charge in [-0.25, -0.2) is 4.79 Å². The molecule has 5 nitrogen and oxygen atoms in total. The Balaban J connectivity index is 1.57. The van der Waals surface area contributed by atoms with E-state index in [9.17, 15) is 9.59 Å². The number of carbonyl (C=O) groups excluding carboxylic acids is 2. The van der Waals surface area contributed by atoms with Gasteiger partial charge < -0.3 is 14.8 Å². The molecule has 0 aromatic heterocycles. The first-order chi connectivity index (χ1) is 13.7. The van der Waals surface area contributed by atoms with E-state index in [1.54, 1.807) is 36.4 Å². The highest BCUT2D eigenvalue weighted by atomic mass is 16.5. The quantitative estimate of drug-likeness (QED) is 0.624. The Labute approximate surface area is 163 Å². The van der Waals surface area contributed by atoms with Crippen molar-refractivity contribution in [3.63, 3.8) is 0 Å². The molecular weight excluding hydrogens is 354 g/mol. The smallest absolute Gasteiger partial charge is 0.337 e. The van der Waals surface area contributed by atoms with Crippen LogP contribution in [0.4, 0.5) is 5.69 Å². The van der Waals surface area contributed by atoms with Gasteiger partial charge in [0.1, 0.15) is 5.75 Å². The lowest BCUT2D eigenvalue weighted by Crippen LogP contribution is -2.12. The van der Waals surface area contributed by atoms with Gasteiger partial charge >= 0.3 is 5.97 Å². The largest absolute Gasteiger partial charge is 0.493 e. The summed E-state index contributed by atoms with van der Waals surface area (Å²) in [6.45, 7) is 0.552. The normalized spacial score (nSPS) is 10.2. The molecule has 0 aliphatic heterocycles. The number of nitrogens with one attached hydrogen (secondary N) is 1. The van der Waals surface area contributed by atoms with E-state index < -0.39 is 5.97 Å². The van der Waals surface area contributed by atoms with Crippen LogP contribution in [0.5, 0.6) is 5.75 Å². The molecule has 0 atom stereocenters. The molecular formula is C23H21NO4. The van der Waals surface area contributed by atoms with Gasteiger partial charge in [-0.05, 0) is 42.0 Å². The number of anilines is 1. The number of ether oxygens (including phenoxy) is 2. The molecule has 1 amide bonds. The molecule has 0 bridgehead atoms. The molecule has 0 heterocycles. The molecule has 0 fully saturated rings. The van der Waals surface area contributed by atoms with Gasteiger partial charge in [0.2, 0.25) is 0 Å². The van der Waals surface area contributed by atoms with Gasteiger partial charge in [0.25, 0.3) is 5.91 Å². The Morgan fingerprint density at radius 3 is 2.29 bits per heavy atom. The summed E-state index contributed by atoms with van der Waals surface area (Å²) in [7, 11) is 1.32. The molecule has 28 heavy (non-hydrogen) atoms. The maximum atomic E-state index is 12.4. The third-order valence-electron chi connectivity index (χ3n) is 4.16. The number of methoxy groups -OCH3 is 1. The fourth-order valence-corrected chi connectivity index (χ4v) is 2.67. The van der Waals surface area contributed by atoms with Crippen molar-refractivity contribution < 1.29 is 19.1 Å². The molecule has 0 unspecified atom stereocenters. The van der Waals surface area contributed by atoms with Crippen molar-refractivity contribution in [2.45, 2.75) is 6.42 Å². The summed E-state index contributed by atoms with van der Waals surface area (Å²) in [5.41, 5.74) is 2.69. The van der Waals surface area contributed by atoms with E-state index in [1.165, 1.54) is 12.7 Å². The van der Waals surface area contributed by atoms with E-state index in [-0.39, 0.29) is 5.91 Å². The minimum atomic E-state index is -0.438. The highest BCUT2D eigenvalue weighted by Gasteiger charge is 2.09. The van der Waals surface area contributed by atoms with Gasteiger partial charge in [-0.1, -0.05) is 36.4 Å². The number of hydrogen-bond donors (Lipinski definition) is 1. The number of carbonyl (C=O) groups is 2. The molecule has 0 saturated carbocycles. The zero-order valence-corrected chi connectivity index (χ0v) is 15.6. The Morgan fingerprint density at radius 2 is 1.57 bits per heavy atom. The van der Waals surface area contributed by atoms with Crippen molar-refractivity contribution in [3.05, 3.63) is 95.6 Å². The monoisotopic (exact) mass is 375 g/mol. The zero-order chi connectivity index (χ0) is 19.8. The van der Waals surface area contributed by atoms with Gasteiger partial charge in [-0.15, -0.1) is 0 Å². The molecule has 3 rings (SSSR count). The number of esters is 1. The molecule has 0 aliphatic carbocycles. The van der Waals surface area contributed by atoms with Crippen molar-refractivity contribution in [3.8, 4) is 5.75 Å². The zero-order valence-electron chi connectivity index (χ0n) is 15.6. The first-order valence-electron chi connectivity index (χ1n) is 8.92. The molecule has 0 aliphatic rings. The molecule has 3 aromatic carbocycles. The minimum absolute atomic E-state index is 0.266. The van der Waals surface area contributed by atoms with Crippen LogP contribution in [0.3, 0.4) is 0 Å². The number of rotatable bonds is 7. The van der Waals surface area contributed by atoms with Crippen LogP contribution in [-0.2, 0) is 11.2 Å². The van der Waals surface area contributed by atoms with Gasteiger partial charge in [0.05, 0.1) is 19.3 Å². The summed E-state index contributed by atoms with van der Waals surface area (Å²) >= 11 is 0. The molecule has 0 radical (unpaired) electrons. The van der Waals surface area contributed by atoms with Crippen LogP contribution in [-0.4, -0.2) is 25.6 Å². The second kappa shape index (κ2) is 9.37. The highest BCUT2D eigenvalue weighted by Crippen LogP contribution is 2.19. The first-order valence-corrected chi connectivity index (χ1v) is 8.92. The fraction of sp³-hybridized carbons (Fsp3) is 0.130. The van der Waals surface area contributed by atoms with Crippen LogP contribution in [0.1, 0.15) is 26.3 Å². The third-order valence-corrected chi connectivity index (χ3v) is 4.16. The standard InChI is InChI=1S/C23H21NO4/c1-27-23(26)19-12-10-18(11-13-19)22(25)24-20-8-5-9-21(16-20)28-15-14-17-6-3-2-4-7-17/h2-13,16H,14-15H2,1H3,(H,24,25). The van der Waals surface area contributed by atoms with Crippen molar-refractivity contribution in [1.29, 1.82) is 0 Å². The summed E-state index contributed by atoms with van der Waals surface area (Å²) in [6, 6.07) is 23.7. The topological polar surface area (TPSA) is 64.6 Å². The molecule has 5 heteroatoms. The fourth-order valence-electron chi connectivity index (χ4n) is 2.67. The molecule has 142 valence electrons. The molecule has 3 aromatic rings. The van der Waals surface area contributed by atoms with Crippen LogP contribution in [0.15, 0.2) is 78.9 Å². The summed E-state index contributed by atoms with van der Waals surface area (Å²) in [6.07, 6.45) is 0.809. The lowest BCUT2D eigenvalue weighted by atomic mass is 10.1. The Morgan fingerprint density at radius 1 is 0.857 bits per heavy atom. The summed E-state index contributed by atoms with van der Waals surface area (Å²) in [4.78, 5) is 23.9. The predicted octanol–water partition coefficient (Wildman–Crippen LogP) is 4.35. The molecule has 0 spiro atoms. The van der Waals surface area contributed by atoms with Crippen molar-refractivity contribution in [1.82, 2.24) is 0 Å². The summed E-state index contributed by atoms with van der Waals surface area (Å²) < 4.78 is 10.4. The lowest BCUT2D eigenvalue weighted by Gasteiger charge is -2.10. The van der Waals surface area contributed by atoms with Gasteiger partial charge in [-0.3, -0.25) is 4.79 Å². The van der Waals surface area contributed by atoms with Crippen LogP contribution >= 0.6 is 0 Å². The second-order valence-electron chi connectivity index (χ2n) is 6.13. The van der Waals surface area contributed by atoms with Crippen molar-refractivity contribution in [2.24, 2.45) is 0 Å². The Kier molecular flexibility index (Phi) is 6.41. The summed E-state index contributed by atoms with van der Waals surface area (Å²) in [5.74, 6) is -0.0140. The van der Waals surface area contributed by atoms with Crippen molar-refractivity contribution in [2.75, 3.05) is 19.0 Å². The maximum Gasteiger partial charge on any atom is 0.337 e. The van der Waals surface area contributed by atoms with Crippen LogP contribution in [0.25, 0.3) is 0 Å². The van der Waals surface area contributed by atoms with Crippen molar-refractivity contribution >= 4 is 17.6 Å². The minimum Gasteiger partial charge on any atom is -0.493 e. The average Bonchev–Trinajstić information content (AvgIpc) is 2.74. The maximum absolute atomic E-state index is 12.4. The average molecular weight is 375 g/mol. The number of benzene rings is 3. The van der Waals surface area contributed by atoms with E-state index >= 15 is 0 Å². The van der Waals surface area contributed by atoms with E-state index in [1.807, 2.05) is 30.3 Å². The van der Waals surface area contributed by atoms with E-state index in [4.69, 9.17) is 4.74 Å². The van der Waals surface area contributed by atoms with Gasteiger partial charge in [-0.2, -0.15) is 0 Å².